The summed E-state index contributed by atoms with van der Waals surface area (Å²) in [5.74, 6) is 0. The molecule has 0 saturated carbocycles. The highest BCUT2D eigenvalue weighted by atomic mass is 14.2. The molecule has 1 rings (SSSR count). The first kappa shape index (κ1) is 14.3. The molecule has 0 nitrogen and oxygen atoms in total. The summed E-state index contributed by atoms with van der Waals surface area (Å²) in [5, 5.41) is 0. The maximum atomic E-state index is 2.47. The van der Waals surface area contributed by atoms with Gasteiger partial charge in [0.1, 0.15) is 0 Å². The van der Waals surface area contributed by atoms with Crippen molar-refractivity contribution < 1.29 is 0 Å². The summed E-state index contributed by atoms with van der Waals surface area (Å²) in [5.41, 5.74) is 7.93. The number of benzene rings is 1. The van der Waals surface area contributed by atoms with Gasteiger partial charge in [0.2, 0.25) is 0 Å². The van der Waals surface area contributed by atoms with E-state index in [1.54, 1.807) is 27.8 Å². The summed E-state index contributed by atoms with van der Waals surface area (Å²) in [6.07, 6.45) is 7.47. The lowest BCUT2D eigenvalue weighted by Crippen LogP contribution is -2.03. The Morgan fingerprint density at radius 2 is 1.12 bits per heavy atom. The van der Waals surface area contributed by atoms with Crippen LogP contribution in [0, 0.1) is 13.8 Å². The van der Waals surface area contributed by atoms with Crippen LogP contribution in [-0.4, -0.2) is 0 Å². The minimum atomic E-state index is 1.24. The Morgan fingerprint density at radius 1 is 0.706 bits per heavy atom. The lowest BCUT2D eigenvalue weighted by molar-refractivity contribution is 0.846. The van der Waals surface area contributed by atoms with Crippen LogP contribution >= 0.6 is 0 Å². The predicted octanol–water partition coefficient (Wildman–Crippen LogP) is 5.16. The maximum Gasteiger partial charge on any atom is -0.0276 e. The third-order valence-corrected chi connectivity index (χ3v) is 3.76. The minimum Gasteiger partial charge on any atom is -0.0651 e. The van der Waals surface area contributed by atoms with Gasteiger partial charge in [0, 0.05) is 0 Å². The van der Waals surface area contributed by atoms with Crippen LogP contribution in [0.2, 0.25) is 0 Å². The number of aryl methyl sites for hydroxylation is 2. The van der Waals surface area contributed by atoms with Gasteiger partial charge >= 0.3 is 0 Å². The van der Waals surface area contributed by atoms with Crippen molar-refractivity contribution in [3.05, 3.63) is 33.9 Å². The molecule has 1 aromatic carbocycles. The SMILES string of the molecule is CCCc1cc(CCC)c(C)c(CCC)c1C. The molecular weight excluding hydrogens is 204 g/mol. The lowest BCUT2D eigenvalue weighted by Gasteiger charge is -2.18. The van der Waals surface area contributed by atoms with Gasteiger partial charge in [0.25, 0.3) is 0 Å². The Bertz CT molecular complexity index is 331. The Kier molecular flexibility index (Phi) is 5.74. The summed E-state index contributed by atoms with van der Waals surface area (Å²) < 4.78 is 0. The fourth-order valence-corrected chi connectivity index (χ4v) is 2.78. The first-order chi connectivity index (χ1) is 8.15. The molecule has 0 heteroatoms. The van der Waals surface area contributed by atoms with Gasteiger partial charge in [0.15, 0.2) is 0 Å². The van der Waals surface area contributed by atoms with E-state index in [9.17, 15) is 0 Å². The van der Waals surface area contributed by atoms with E-state index in [-0.39, 0.29) is 0 Å². The molecule has 0 aromatic heterocycles. The molecule has 0 saturated heterocycles. The van der Waals surface area contributed by atoms with Crippen molar-refractivity contribution in [2.75, 3.05) is 0 Å². The predicted molar refractivity (Wildman–Crippen MR) is 77.9 cm³/mol. The van der Waals surface area contributed by atoms with Crippen LogP contribution in [0.25, 0.3) is 0 Å². The summed E-state index contributed by atoms with van der Waals surface area (Å²) >= 11 is 0. The van der Waals surface area contributed by atoms with Gasteiger partial charge in [-0.1, -0.05) is 46.1 Å². The summed E-state index contributed by atoms with van der Waals surface area (Å²) in [6.45, 7) is 11.5. The third-order valence-electron chi connectivity index (χ3n) is 3.76. The van der Waals surface area contributed by atoms with Crippen molar-refractivity contribution in [2.24, 2.45) is 0 Å². The molecule has 0 N–H and O–H groups in total. The largest absolute Gasteiger partial charge is 0.0651 e. The molecular formula is C17H28. The molecule has 96 valence electrons. The topological polar surface area (TPSA) is 0 Å². The normalized spacial score (nSPS) is 10.9. The number of hydrogen-bond acceptors (Lipinski definition) is 0. The van der Waals surface area contributed by atoms with Crippen molar-refractivity contribution >= 4 is 0 Å². The second-order valence-corrected chi connectivity index (χ2v) is 5.17. The molecule has 0 bridgehead atoms. The zero-order chi connectivity index (χ0) is 12.8. The molecule has 0 heterocycles. The Morgan fingerprint density at radius 3 is 1.47 bits per heavy atom. The first-order valence-corrected chi connectivity index (χ1v) is 7.26. The fraction of sp³-hybridized carbons (Fsp3) is 0.647. The van der Waals surface area contributed by atoms with E-state index in [0.29, 0.717) is 0 Å². The quantitative estimate of drug-likeness (QED) is 0.635. The van der Waals surface area contributed by atoms with Gasteiger partial charge in [-0.15, -0.1) is 0 Å². The summed E-state index contributed by atoms with van der Waals surface area (Å²) in [7, 11) is 0. The standard InChI is InChI=1S/C17H28/c1-6-9-15-12-16(10-7-2)14(5)17(11-8-3)13(15)4/h12H,6-11H2,1-5H3. The highest BCUT2D eigenvalue weighted by Crippen LogP contribution is 2.25. The van der Waals surface area contributed by atoms with E-state index < -0.39 is 0 Å². The molecule has 0 atom stereocenters. The first-order valence-electron chi connectivity index (χ1n) is 7.26. The second kappa shape index (κ2) is 6.83. The van der Waals surface area contributed by atoms with Gasteiger partial charge in [-0.25, -0.2) is 0 Å². The van der Waals surface area contributed by atoms with Crippen LogP contribution in [0.5, 0.6) is 0 Å². The van der Waals surface area contributed by atoms with Crippen molar-refractivity contribution in [3.8, 4) is 0 Å². The van der Waals surface area contributed by atoms with Gasteiger partial charge in [-0.3, -0.25) is 0 Å². The Labute approximate surface area is 107 Å². The van der Waals surface area contributed by atoms with Crippen LogP contribution in [0.15, 0.2) is 6.07 Å². The van der Waals surface area contributed by atoms with Gasteiger partial charge in [-0.2, -0.15) is 0 Å². The van der Waals surface area contributed by atoms with E-state index >= 15 is 0 Å². The zero-order valence-electron chi connectivity index (χ0n) is 12.3. The third kappa shape index (κ3) is 3.34. The Balaban J connectivity index is 3.24. The molecule has 0 radical (unpaired) electrons. The van der Waals surface area contributed by atoms with Crippen LogP contribution in [-0.2, 0) is 19.3 Å². The average molecular weight is 232 g/mol. The minimum absolute atomic E-state index is 1.24. The van der Waals surface area contributed by atoms with E-state index in [2.05, 4.69) is 40.7 Å². The average Bonchev–Trinajstić information content (AvgIpc) is 2.31. The number of hydrogen-bond donors (Lipinski definition) is 0. The van der Waals surface area contributed by atoms with Crippen molar-refractivity contribution in [3.63, 3.8) is 0 Å². The Hall–Kier alpha value is -0.780. The van der Waals surface area contributed by atoms with Crippen LogP contribution < -0.4 is 0 Å². The zero-order valence-corrected chi connectivity index (χ0v) is 12.3. The maximum absolute atomic E-state index is 2.47. The van der Waals surface area contributed by atoms with Crippen LogP contribution in [0.3, 0.4) is 0 Å². The molecule has 0 spiro atoms. The van der Waals surface area contributed by atoms with Crippen molar-refractivity contribution in [2.45, 2.75) is 73.1 Å². The molecule has 0 aliphatic carbocycles. The molecule has 1 aromatic rings. The molecule has 0 amide bonds. The lowest BCUT2D eigenvalue weighted by atomic mass is 9.88. The van der Waals surface area contributed by atoms with E-state index in [4.69, 9.17) is 0 Å². The second-order valence-electron chi connectivity index (χ2n) is 5.17. The van der Waals surface area contributed by atoms with Crippen LogP contribution in [0.1, 0.15) is 67.9 Å². The van der Waals surface area contributed by atoms with Gasteiger partial charge in [-0.05, 0) is 60.9 Å². The molecule has 0 fully saturated rings. The fourth-order valence-electron chi connectivity index (χ4n) is 2.78. The van der Waals surface area contributed by atoms with Crippen molar-refractivity contribution in [1.29, 1.82) is 0 Å². The van der Waals surface area contributed by atoms with Crippen molar-refractivity contribution in [1.82, 2.24) is 0 Å². The summed E-state index contributed by atoms with van der Waals surface area (Å²) in [4.78, 5) is 0. The van der Waals surface area contributed by atoms with Crippen LogP contribution in [0.4, 0.5) is 0 Å². The highest BCUT2D eigenvalue weighted by molar-refractivity contribution is 5.45. The van der Waals surface area contributed by atoms with E-state index in [1.807, 2.05) is 0 Å². The monoisotopic (exact) mass is 232 g/mol. The molecule has 0 unspecified atom stereocenters. The molecule has 17 heavy (non-hydrogen) atoms. The smallest absolute Gasteiger partial charge is 0.0276 e. The van der Waals surface area contributed by atoms with Gasteiger partial charge in [0.05, 0.1) is 0 Å². The molecule has 0 aliphatic heterocycles. The molecule has 0 aliphatic rings. The summed E-state index contributed by atoms with van der Waals surface area (Å²) in [6, 6.07) is 2.47. The van der Waals surface area contributed by atoms with Gasteiger partial charge < -0.3 is 0 Å². The highest BCUT2D eigenvalue weighted by Gasteiger charge is 2.10. The van der Waals surface area contributed by atoms with E-state index in [1.165, 1.54) is 38.5 Å². The number of rotatable bonds is 6. The van der Waals surface area contributed by atoms with E-state index in [0.717, 1.165) is 0 Å².